The lowest BCUT2D eigenvalue weighted by Gasteiger charge is -2.15. The molecule has 0 radical (unpaired) electrons. The molecular weight excluding hydrogens is 436 g/mol. The molecule has 3 aromatic carbocycles. The number of carbonyl (C=O) groups excluding carboxylic acids is 1. The fourth-order valence-corrected chi connectivity index (χ4v) is 5.14. The molecule has 0 fully saturated rings. The normalized spacial score (nSPS) is 11.5. The van der Waals surface area contributed by atoms with Crippen molar-refractivity contribution in [3.8, 4) is 0 Å². The standard InChI is InChI=1S/C26H24N2O4S/c1-17-9-12-23-22(13-17)26(30)24(33(31,32)21-11-10-18(2)19(3)14-21)15-28(23)16-25(29)27-20-7-5-4-6-8-20/h4-15H,16H2,1-3H3,(H,27,29). The number of aromatic nitrogens is 1. The fourth-order valence-electron chi connectivity index (χ4n) is 3.69. The number of para-hydroxylation sites is 1. The van der Waals surface area contributed by atoms with Crippen LogP contribution in [0.15, 0.2) is 87.5 Å². The van der Waals surface area contributed by atoms with Crippen LogP contribution in [0, 0.1) is 20.8 Å². The summed E-state index contributed by atoms with van der Waals surface area (Å²) in [7, 11) is -4.10. The van der Waals surface area contributed by atoms with Crippen LogP contribution in [0.2, 0.25) is 0 Å². The number of carbonyl (C=O) groups is 1. The van der Waals surface area contributed by atoms with Gasteiger partial charge in [0.15, 0.2) is 0 Å². The Kier molecular flexibility index (Phi) is 5.91. The molecule has 1 heterocycles. The van der Waals surface area contributed by atoms with Crippen LogP contribution in [0.3, 0.4) is 0 Å². The number of aryl methyl sites for hydroxylation is 3. The third-order valence-electron chi connectivity index (χ3n) is 5.65. The van der Waals surface area contributed by atoms with Crippen molar-refractivity contribution < 1.29 is 13.2 Å². The Hall–Kier alpha value is -3.71. The highest BCUT2D eigenvalue weighted by atomic mass is 32.2. The smallest absolute Gasteiger partial charge is 0.244 e. The largest absolute Gasteiger partial charge is 0.336 e. The van der Waals surface area contributed by atoms with Gasteiger partial charge in [-0.2, -0.15) is 0 Å². The Bertz CT molecular complexity index is 1540. The first-order valence-corrected chi connectivity index (χ1v) is 12.0. The molecule has 33 heavy (non-hydrogen) atoms. The lowest BCUT2D eigenvalue weighted by Crippen LogP contribution is -2.24. The van der Waals surface area contributed by atoms with Gasteiger partial charge in [0, 0.05) is 17.3 Å². The molecular formula is C26H24N2O4S. The number of amides is 1. The third-order valence-corrected chi connectivity index (χ3v) is 7.40. The minimum atomic E-state index is -4.10. The number of rotatable bonds is 5. The zero-order valence-electron chi connectivity index (χ0n) is 18.6. The highest BCUT2D eigenvalue weighted by Crippen LogP contribution is 2.24. The summed E-state index contributed by atoms with van der Waals surface area (Å²) in [6.07, 6.45) is 1.27. The van der Waals surface area contributed by atoms with E-state index >= 15 is 0 Å². The van der Waals surface area contributed by atoms with Crippen molar-refractivity contribution in [2.24, 2.45) is 0 Å². The minimum absolute atomic E-state index is 0.0509. The zero-order chi connectivity index (χ0) is 23.8. The second-order valence-corrected chi connectivity index (χ2v) is 10.1. The second kappa shape index (κ2) is 8.67. The van der Waals surface area contributed by atoms with Crippen molar-refractivity contribution in [3.63, 3.8) is 0 Å². The quantitative estimate of drug-likeness (QED) is 0.478. The summed E-state index contributed by atoms with van der Waals surface area (Å²) in [6, 6.07) is 19.0. The molecule has 168 valence electrons. The van der Waals surface area contributed by atoms with Gasteiger partial charge >= 0.3 is 0 Å². The van der Waals surface area contributed by atoms with Crippen LogP contribution in [-0.2, 0) is 21.2 Å². The van der Waals surface area contributed by atoms with Crippen molar-refractivity contribution >= 4 is 32.3 Å². The van der Waals surface area contributed by atoms with Gasteiger partial charge in [0.05, 0.1) is 10.4 Å². The zero-order valence-corrected chi connectivity index (χ0v) is 19.4. The van der Waals surface area contributed by atoms with Crippen LogP contribution in [0.5, 0.6) is 0 Å². The lowest BCUT2D eigenvalue weighted by atomic mass is 10.1. The monoisotopic (exact) mass is 460 g/mol. The van der Waals surface area contributed by atoms with E-state index < -0.39 is 15.3 Å². The Morgan fingerprint density at radius 1 is 0.909 bits per heavy atom. The van der Waals surface area contributed by atoms with Gasteiger partial charge in [0.1, 0.15) is 11.4 Å². The Balaban J connectivity index is 1.85. The van der Waals surface area contributed by atoms with Crippen molar-refractivity contribution in [2.75, 3.05) is 5.32 Å². The van der Waals surface area contributed by atoms with Crippen LogP contribution in [0.1, 0.15) is 16.7 Å². The van der Waals surface area contributed by atoms with Gasteiger partial charge in [-0.05, 0) is 68.3 Å². The molecule has 0 atom stereocenters. The van der Waals surface area contributed by atoms with Gasteiger partial charge < -0.3 is 9.88 Å². The number of pyridine rings is 1. The summed E-state index contributed by atoms with van der Waals surface area (Å²) >= 11 is 0. The summed E-state index contributed by atoms with van der Waals surface area (Å²) in [5.74, 6) is -0.332. The average Bonchev–Trinajstić information content (AvgIpc) is 2.78. The first-order chi connectivity index (χ1) is 15.7. The number of nitrogens with zero attached hydrogens (tertiary/aromatic N) is 1. The molecule has 1 aromatic heterocycles. The Labute approximate surface area is 192 Å². The van der Waals surface area contributed by atoms with Gasteiger partial charge in [-0.3, -0.25) is 9.59 Å². The number of fused-ring (bicyclic) bond motifs is 1. The number of anilines is 1. The van der Waals surface area contributed by atoms with Gasteiger partial charge in [0.25, 0.3) is 0 Å². The molecule has 0 saturated carbocycles. The molecule has 0 aliphatic rings. The van der Waals surface area contributed by atoms with Gasteiger partial charge in [0.2, 0.25) is 21.2 Å². The number of nitrogens with one attached hydrogen (secondary N) is 1. The minimum Gasteiger partial charge on any atom is -0.336 e. The van der Waals surface area contributed by atoms with E-state index in [0.29, 0.717) is 11.2 Å². The van der Waals surface area contributed by atoms with E-state index in [1.54, 1.807) is 48.5 Å². The van der Waals surface area contributed by atoms with Crippen LogP contribution in [-0.4, -0.2) is 18.9 Å². The fraction of sp³-hybridized carbons (Fsp3) is 0.154. The molecule has 0 unspecified atom stereocenters. The number of hydrogen-bond donors (Lipinski definition) is 1. The molecule has 0 aliphatic carbocycles. The van der Waals surface area contributed by atoms with Crippen molar-refractivity contribution in [1.29, 1.82) is 0 Å². The molecule has 1 N–H and O–H groups in total. The first kappa shape index (κ1) is 22.5. The maximum absolute atomic E-state index is 13.5. The maximum atomic E-state index is 13.5. The highest BCUT2D eigenvalue weighted by Gasteiger charge is 2.25. The van der Waals surface area contributed by atoms with E-state index in [0.717, 1.165) is 16.7 Å². The van der Waals surface area contributed by atoms with Crippen LogP contribution >= 0.6 is 0 Å². The van der Waals surface area contributed by atoms with Crippen LogP contribution in [0.4, 0.5) is 5.69 Å². The van der Waals surface area contributed by atoms with Crippen LogP contribution < -0.4 is 10.7 Å². The SMILES string of the molecule is Cc1ccc2c(c1)c(=O)c(S(=O)(=O)c1ccc(C)c(C)c1)cn2CC(=O)Nc1ccccc1. The molecule has 4 rings (SSSR count). The molecule has 0 aliphatic heterocycles. The number of hydrogen-bond acceptors (Lipinski definition) is 4. The van der Waals surface area contributed by atoms with E-state index in [1.165, 1.54) is 16.8 Å². The number of sulfone groups is 1. The Morgan fingerprint density at radius 3 is 2.33 bits per heavy atom. The molecule has 1 amide bonds. The lowest BCUT2D eigenvalue weighted by molar-refractivity contribution is -0.116. The predicted molar refractivity (Wildman–Crippen MR) is 129 cm³/mol. The second-order valence-electron chi connectivity index (χ2n) is 8.13. The molecule has 6 nitrogen and oxygen atoms in total. The number of benzene rings is 3. The third kappa shape index (κ3) is 4.45. The summed E-state index contributed by atoms with van der Waals surface area (Å²) in [5, 5.41) is 3.05. The van der Waals surface area contributed by atoms with E-state index in [4.69, 9.17) is 0 Å². The van der Waals surface area contributed by atoms with E-state index in [2.05, 4.69) is 5.32 Å². The first-order valence-electron chi connectivity index (χ1n) is 10.5. The van der Waals surface area contributed by atoms with Crippen molar-refractivity contribution in [1.82, 2.24) is 4.57 Å². The van der Waals surface area contributed by atoms with Crippen LogP contribution in [0.25, 0.3) is 10.9 Å². The van der Waals surface area contributed by atoms with E-state index in [-0.39, 0.29) is 27.6 Å². The van der Waals surface area contributed by atoms with Crippen molar-refractivity contribution in [2.45, 2.75) is 37.1 Å². The summed E-state index contributed by atoms with van der Waals surface area (Å²) in [6.45, 7) is 5.40. The van der Waals surface area contributed by atoms with Gasteiger partial charge in [-0.15, -0.1) is 0 Å². The average molecular weight is 461 g/mol. The summed E-state index contributed by atoms with van der Waals surface area (Å²) in [5.41, 5.74) is 3.14. The molecule has 0 bridgehead atoms. The van der Waals surface area contributed by atoms with E-state index in [1.807, 2.05) is 32.9 Å². The predicted octanol–water partition coefficient (Wildman–Crippen LogP) is 4.40. The summed E-state index contributed by atoms with van der Waals surface area (Å²) < 4.78 is 28.4. The maximum Gasteiger partial charge on any atom is 0.244 e. The van der Waals surface area contributed by atoms with Gasteiger partial charge in [-0.1, -0.05) is 35.9 Å². The molecule has 4 aromatic rings. The highest BCUT2D eigenvalue weighted by molar-refractivity contribution is 7.91. The molecule has 0 spiro atoms. The van der Waals surface area contributed by atoms with Crippen molar-refractivity contribution in [3.05, 3.63) is 99.8 Å². The molecule has 0 saturated heterocycles. The molecule has 7 heteroatoms. The summed E-state index contributed by atoms with van der Waals surface area (Å²) in [4.78, 5) is 25.7. The topological polar surface area (TPSA) is 85.2 Å². The van der Waals surface area contributed by atoms with Gasteiger partial charge in [-0.25, -0.2) is 8.42 Å². The van der Waals surface area contributed by atoms with E-state index in [9.17, 15) is 18.0 Å². The Morgan fingerprint density at radius 2 is 1.64 bits per heavy atom.